The van der Waals surface area contributed by atoms with Gasteiger partial charge < -0.3 is 10.2 Å². The minimum Gasteiger partial charge on any atom is -0.372 e. The van der Waals surface area contributed by atoms with Crippen molar-refractivity contribution in [2.24, 2.45) is 0 Å². The molecule has 6 nitrogen and oxygen atoms in total. The molecule has 0 aliphatic carbocycles. The highest BCUT2D eigenvalue weighted by molar-refractivity contribution is 9.10. The topological polar surface area (TPSA) is 65.5 Å². The summed E-state index contributed by atoms with van der Waals surface area (Å²) in [6.45, 7) is 4.12. The number of nitrogens with zero attached hydrogens (tertiary/aromatic N) is 3. The molecule has 0 radical (unpaired) electrons. The van der Waals surface area contributed by atoms with Crippen LogP contribution < -0.4 is 5.32 Å². The van der Waals surface area contributed by atoms with Gasteiger partial charge in [0.25, 0.3) is 0 Å². The molecular weight excluding hydrogens is 356 g/mol. The number of pyridine rings is 1. The summed E-state index contributed by atoms with van der Waals surface area (Å²) in [5, 5.41) is 2.86. The quantitative estimate of drug-likeness (QED) is 0.867. The van der Waals surface area contributed by atoms with Gasteiger partial charge in [-0.25, -0.2) is 13.4 Å². The van der Waals surface area contributed by atoms with E-state index in [2.05, 4.69) is 31.1 Å². The first-order valence-electron chi connectivity index (χ1n) is 6.90. The molecule has 1 unspecified atom stereocenters. The summed E-state index contributed by atoms with van der Waals surface area (Å²) in [5.74, 6) is 0.378. The molecule has 1 aromatic heterocycles. The van der Waals surface area contributed by atoms with Crippen molar-refractivity contribution in [2.75, 3.05) is 39.0 Å². The van der Waals surface area contributed by atoms with Crippen LogP contribution in [-0.4, -0.2) is 62.4 Å². The summed E-state index contributed by atoms with van der Waals surface area (Å²) in [5.41, 5.74) is 0. The Bertz CT molecular complexity index is 608. The van der Waals surface area contributed by atoms with E-state index in [0.717, 1.165) is 19.5 Å². The van der Waals surface area contributed by atoms with E-state index >= 15 is 0 Å². The molecular formula is C13H21BrN4O2S. The standard InChI is InChI=1S/C13H21BrN4O2S/c1-10-9-17(3)5-4-6-18(10)21(19,20)12-7-11(14)8-16-13(12)15-2/h7-8,10H,4-6,9H2,1-3H3,(H,15,16). The lowest BCUT2D eigenvalue weighted by molar-refractivity contribution is 0.290. The van der Waals surface area contributed by atoms with E-state index < -0.39 is 10.0 Å². The molecule has 0 bridgehead atoms. The Hall–Kier alpha value is -0.700. The zero-order valence-corrected chi connectivity index (χ0v) is 14.9. The summed E-state index contributed by atoms with van der Waals surface area (Å²) in [6.07, 6.45) is 2.42. The molecule has 8 heteroatoms. The van der Waals surface area contributed by atoms with E-state index in [1.165, 1.54) is 0 Å². The van der Waals surface area contributed by atoms with Crippen molar-refractivity contribution in [2.45, 2.75) is 24.3 Å². The molecule has 1 aromatic rings. The Morgan fingerprint density at radius 2 is 2.14 bits per heavy atom. The van der Waals surface area contributed by atoms with Gasteiger partial charge >= 0.3 is 0 Å². The normalized spacial score (nSPS) is 22.0. The number of aromatic nitrogens is 1. The fourth-order valence-corrected chi connectivity index (χ4v) is 4.96. The molecule has 1 aliphatic rings. The third kappa shape index (κ3) is 3.56. The lowest BCUT2D eigenvalue weighted by Crippen LogP contribution is -2.42. The van der Waals surface area contributed by atoms with E-state index in [4.69, 9.17) is 0 Å². The first kappa shape index (κ1) is 16.7. The molecule has 0 amide bonds. The van der Waals surface area contributed by atoms with Crippen molar-refractivity contribution < 1.29 is 8.42 Å². The maximum atomic E-state index is 13.0. The lowest BCUT2D eigenvalue weighted by Gasteiger charge is -2.27. The van der Waals surface area contributed by atoms with Crippen molar-refractivity contribution in [3.8, 4) is 0 Å². The van der Waals surface area contributed by atoms with Gasteiger partial charge in [-0.2, -0.15) is 4.31 Å². The van der Waals surface area contributed by atoms with Gasteiger partial charge in [0.1, 0.15) is 10.7 Å². The van der Waals surface area contributed by atoms with Crippen molar-refractivity contribution in [3.05, 3.63) is 16.7 Å². The zero-order chi connectivity index (χ0) is 15.6. The maximum Gasteiger partial charge on any atom is 0.247 e. The maximum absolute atomic E-state index is 13.0. The number of rotatable bonds is 3. The molecule has 1 fully saturated rings. The first-order valence-corrected chi connectivity index (χ1v) is 9.13. The molecule has 1 atom stereocenters. The van der Waals surface area contributed by atoms with Crippen LogP contribution in [0, 0.1) is 0 Å². The van der Waals surface area contributed by atoms with E-state index in [1.807, 2.05) is 14.0 Å². The van der Waals surface area contributed by atoms with Gasteiger partial charge in [0.05, 0.1) is 0 Å². The molecule has 1 aliphatic heterocycles. The van der Waals surface area contributed by atoms with E-state index in [0.29, 0.717) is 16.8 Å². The largest absolute Gasteiger partial charge is 0.372 e. The van der Waals surface area contributed by atoms with Crippen molar-refractivity contribution >= 4 is 31.8 Å². The van der Waals surface area contributed by atoms with Crippen LogP contribution in [0.1, 0.15) is 13.3 Å². The van der Waals surface area contributed by atoms with Gasteiger partial charge in [-0.05, 0) is 48.9 Å². The van der Waals surface area contributed by atoms with Gasteiger partial charge in [-0.3, -0.25) is 0 Å². The van der Waals surface area contributed by atoms with Crippen molar-refractivity contribution in [3.63, 3.8) is 0 Å². The third-order valence-corrected chi connectivity index (χ3v) is 6.09. The molecule has 0 spiro atoms. The van der Waals surface area contributed by atoms with Gasteiger partial charge in [0.2, 0.25) is 10.0 Å². The highest BCUT2D eigenvalue weighted by atomic mass is 79.9. The summed E-state index contributed by atoms with van der Waals surface area (Å²) in [7, 11) is 0.124. The Balaban J connectivity index is 2.43. The highest BCUT2D eigenvalue weighted by Gasteiger charge is 2.33. The molecule has 1 saturated heterocycles. The molecule has 21 heavy (non-hydrogen) atoms. The number of anilines is 1. The molecule has 1 N–H and O–H groups in total. The number of halogens is 1. The number of nitrogens with one attached hydrogen (secondary N) is 1. The van der Waals surface area contributed by atoms with E-state index in [1.54, 1.807) is 23.6 Å². The van der Waals surface area contributed by atoms with Gasteiger partial charge in [0.15, 0.2) is 0 Å². The Morgan fingerprint density at radius 1 is 1.43 bits per heavy atom. The summed E-state index contributed by atoms with van der Waals surface area (Å²) < 4.78 is 28.2. The average Bonchev–Trinajstić information content (AvgIpc) is 2.59. The monoisotopic (exact) mass is 376 g/mol. The minimum absolute atomic E-state index is 0.0637. The smallest absolute Gasteiger partial charge is 0.247 e. The Kier molecular flexibility index (Phi) is 5.24. The highest BCUT2D eigenvalue weighted by Crippen LogP contribution is 2.28. The first-order chi connectivity index (χ1) is 9.86. The van der Waals surface area contributed by atoms with Crippen molar-refractivity contribution in [1.82, 2.24) is 14.2 Å². The van der Waals surface area contributed by atoms with E-state index in [-0.39, 0.29) is 10.9 Å². The van der Waals surface area contributed by atoms with Gasteiger partial charge in [-0.1, -0.05) is 0 Å². The number of sulfonamides is 1. The minimum atomic E-state index is -3.57. The van der Waals surface area contributed by atoms with Crippen LogP contribution in [0.25, 0.3) is 0 Å². The van der Waals surface area contributed by atoms with Crippen LogP contribution in [0.3, 0.4) is 0 Å². The number of hydrogen-bond donors (Lipinski definition) is 1. The number of likely N-dealkylation sites (N-methyl/N-ethyl adjacent to an activating group) is 1. The molecule has 118 valence electrons. The van der Waals surface area contributed by atoms with Crippen molar-refractivity contribution in [1.29, 1.82) is 0 Å². The van der Waals surface area contributed by atoms with E-state index in [9.17, 15) is 8.42 Å². The zero-order valence-electron chi connectivity index (χ0n) is 12.5. The second-order valence-corrected chi connectivity index (χ2v) is 8.11. The Morgan fingerprint density at radius 3 is 2.81 bits per heavy atom. The fraction of sp³-hybridized carbons (Fsp3) is 0.615. The summed E-state index contributed by atoms with van der Waals surface area (Å²) in [6, 6.07) is 1.54. The van der Waals surface area contributed by atoms with Crippen LogP contribution in [0.15, 0.2) is 21.6 Å². The van der Waals surface area contributed by atoms with Gasteiger partial charge in [0, 0.05) is 36.8 Å². The molecule has 2 heterocycles. The van der Waals surface area contributed by atoms with Crippen LogP contribution in [0.4, 0.5) is 5.82 Å². The van der Waals surface area contributed by atoms with Crippen LogP contribution in [0.5, 0.6) is 0 Å². The van der Waals surface area contributed by atoms with Crippen LogP contribution in [-0.2, 0) is 10.0 Å². The molecule has 0 aromatic carbocycles. The summed E-state index contributed by atoms with van der Waals surface area (Å²) >= 11 is 3.30. The predicted molar refractivity (Wildman–Crippen MR) is 87.0 cm³/mol. The lowest BCUT2D eigenvalue weighted by atomic mass is 10.3. The number of hydrogen-bond acceptors (Lipinski definition) is 5. The predicted octanol–water partition coefficient (Wildman–Crippen LogP) is 1.60. The van der Waals surface area contributed by atoms with Crippen LogP contribution in [0.2, 0.25) is 0 Å². The van der Waals surface area contributed by atoms with Crippen LogP contribution >= 0.6 is 15.9 Å². The van der Waals surface area contributed by atoms with Gasteiger partial charge in [-0.15, -0.1) is 0 Å². The SMILES string of the molecule is CNc1ncc(Br)cc1S(=O)(=O)N1CCCN(C)CC1C. The second-order valence-electron chi connectivity index (χ2n) is 5.33. The molecule has 2 rings (SSSR count). The Labute approximate surface area is 134 Å². The third-order valence-electron chi connectivity index (χ3n) is 3.63. The fourth-order valence-electron chi connectivity index (χ4n) is 2.64. The average molecular weight is 377 g/mol. The summed E-state index contributed by atoms with van der Waals surface area (Å²) in [4.78, 5) is 6.53. The second kappa shape index (κ2) is 6.60. The molecule has 0 saturated carbocycles.